The van der Waals surface area contributed by atoms with Crippen molar-refractivity contribution in [3.63, 3.8) is 0 Å². The van der Waals surface area contributed by atoms with Crippen LogP contribution in [-0.4, -0.2) is 23.2 Å². The van der Waals surface area contributed by atoms with Crippen molar-refractivity contribution in [1.82, 2.24) is 9.97 Å². The highest BCUT2D eigenvalue weighted by molar-refractivity contribution is 9.11. The molecule has 0 fully saturated rings. The first kappa shape index (κ1) is 29.3. The molecule has 1 aliphatic carbocycles. The summed E-state index contributed by atoms with van der Waals surface area (Å²) in [5.41, 5.74) is 5.71. The average molecular weight is 669 g/mol. The van der Waals surface area contributed by atoms with Crippen LogP contribution in [0.4, 0.5) is 0 Å². The molecule has 0 bridgehead atoms. The van der Waals surface area contributed by atoms with Crippen LogP contribution in [0.5, 0.6) is 11.5 Å². The molecule has 3 aromatic carbocycles. The molecule has 0 aliphatic heterocycles. The van der Waals surface area contributed by atoms with E-state index in [-0.39, 0.29) is 0 Å². The number of unbranched alkanes of at least 4 members (excludes halogenated alkanes) is 10. The van der Waals surface area contributed by atoms with Gasteiger partial charge in [0.05, 0.1) is 33.5 Å². The van der Waals surface area contributed by atoms with E-state index >= 15 is 0 Å². The van der Waals surface area contributed by atoms with Crippen molar-refractivity contribution in [3.8, 4) is 34.0 Å². The van der Waals surface area contributed by atoms with E-state index in [9.17, 15) is 0 Å². The number of nitrogens with zero attached hydrogens (tertiary/aromatic N) is 2. The molecule has 0 saturated carbocycles. The maximum Gasteiger partial charge on any atom is 0.178 e. The summed E-state index contributed by atoms with van der Waals surface area (Å²) < 4.78 is 14.5. The molecule has 1 aliphatic rings. The topological polar surface area (TPSA) is 44.2 Å². The molecule has 1 heterocycles. The Hall–Kier alpha value is -2.18. The number of hydrogen-bond acceptors (Lipinski definition) is 4. The predicted octanol–water partition coefficient (Wildman–Crippen LogP) is 11.4. The fourth-order valence-electron chi connectivity index (χ4n) is 5.64. The summed E-state index contributed by atoms with van der Waals surface area (Å²) >= 11 is 7.75. The smallest absolute Gasteiger partial charge is 0.178 e. The molecule has 0 saturated heterocycles. The number of hydrogen-bond donors (Lipinski definition) is 0. The zero-order valence-electron chi connectivity index (χ0n) is 23.8. The van der Waals surface area contributed by atoms with E-state index < -0.39 is 0 Å². The van der Waals surface area contributed by atoms with E-state index in [1.54, 1.807) is 0 Å². The van der Waals surface area contributed by atoms with E-state index in [0.717, 1.165) is 66.8 Å². The van der Waals surface area contributed by atoms with Gasteiger partial charge in [-0.05, 0) is 50.1 Å². The molecule has 5 rings (SSSR count). The first-order chi connectivity index (χ1) is 19.7. The Labute approximate surface area is 255 Å². The summed E-state index contributed by atoms with van der Waals surface area (Å²) in [6.07, 6.45) is 14.6. The van der Waals surface area contributed by atoms with E-state index in [0.29, 0.717) is 13.2 Å². The number of aromatic nitrogens is 2. The van der Waals surface area contributed by atoms with Crippen molar-refractivity contribution in [2.45, 2.75) is 90.9 Å². The summed E-state index contributed by atoms with van der Waals surface area (Å²) in [4.78, 5) is 10.4. The first-order valence-corrected chi connectivity index (χ1v) is 16.7. The Morgan fingerprint density at radius 3 is 1.45 bits per heavy atom. The Balaban J connectivity index is 1.46. The largest absolute Gasteiger partial charge is 0.488 e. The molecule has 6 heteroatoms. The van der Waals surface area contributed by atoms with Crippen LogP contribution in [0.2, 0.25) is 0 Å². The van der Waals surface area contributed by atoms with Crippen molar-refractivity contribution in [3.05, 3.63) is 45.3 Å². The molecule has 0 amide bonds. The molecular weight excluding hydrogens is 628 g/mol. The van der Waals surface area contributed by atoms with Gasteiger partial charge in [0.25, 0.3) is 0 Å². The molecule has 0 radical (unpaired) electrons. The number of fused-ring (bicyclic) bond motifs is 4. The van der Waals surface area contributed by atoms with Gasteiger partial charge < -0.3 is 9.47 Å². The summed E-state index contributed by atoms with van der Waals surface area (Å²) in [6.45, 7) is 5.81. The Kier molecular flexibility index (Phi) is 10.4. The van der Waals surface area contributed by atoms with Crippen LogP contribution in [-0.2, 0) is 0 Å². The highest BCUT2D eigenvalue weighted by Gasteiger charge is 2.28. The number of halogens is 2. The zero-order chi connectivity index (χ0) is 27.9. The maximum atomic E-state index is 6.44. The van der Waals surface area contributed by atoms with Crippen LogP contribution in [0.3, 0.4) is 0 Å². The molecule has 0 unspecified atom stereocenters. The zero-order valence-corrected chi connectivity index (χ0v) is 27.0. The molecule has 212 valence electrons. The maximum absolute atomic E-state index is 6.44. The van der Waals surface area contributed by atoms with Gasteiger partial charge in [0.15, 0.2) is 11.5 Å². The SMILES string of the molecule is CCCCCCCCOc1c(OCCCCCCCC)c(Br)c2nc3c(nc2c1Br)-c1cccc2cccc-3c12. The Morgan fingerprint density at radius 2 is 1.00 bits per heavy atom. The predicted molar refractivity (Wildman–Crippen MR) is 175 cm³/mol. The van der Waals surface area contributed by atoms with Crippen LogP contribution < -0.4 is 9.47 Å². The van der Waals surface area contributed by atoms with Gasteiger partial charge in [-0.3, -0.25) is 0 Å². The second-order valence-electron chi connectivity index (χ2n) is 10.8. The number of ether oxygens (including phenoxy) is 2. The summed E-state index contributed by atoms with van der Waals surface area (Å²) in [6, 6.07) is 12.8. The lowest BCUT2D eigenvalue weighted by Crippen LogP contribution is -2.06. The Morgan fingerprint density at radius 1 is 0.575 bits per heavy atom. The lowest BCUT2D eigenvalue weighted by molar-refractivity contribution is 0.256. The van der Waals surface area contributed by atoms with Crippen molar-refractivity contribution >= 4 is 53.7 Å². The van der Waals surface area contributed by atoms with Crippen molar-refractivity contribution in [1.29, 1.82) is 0 Å². The van der Waals surface area contributed by atoms with E-state index in [4.69, 9.17) is 19.4 Å². The molecule has 0 atom stereocenters. The van der Waals surface area contributed by atoms with Crippen LogP contribution in [0, 0.1) is 0 Å². The van der Waals surface area contributed by atoms with Gasteiger partial charge in [-0.15, -0.1) is 0 Å². The first-order valence-electron chi connectivity index (χ1n) is 15.2. The van der Waals surface area contributed by atoms with Crippen molar-refractivity contribution in [2.24, 2.45) is 0 Å². The summed E-state index contributed by atoms with van der Waals surface area (Å²) in [5.74, 6) is 1.45. The second kappa shape index (κ2) is 14.1. The van der Waals surface area contributed by atoms with Crippen LogP contribution in [0.1, 0.15) is 90.9 Å². The van der Waals surface area contributed by atoms with Gasteiger partial charge in [-0.2, -0.15) is 0 Å². The standard InChI is InChI=1S/C34H40Br2N2O2/c1-3-5-7-9-11-13-21-39-33-27(35)31-32(28(36)34(33)40-22-14-12-10-8-6-4-2)38-30-25-20-16-18-23-17-15-19-24(26(23)25)29(30)37-31/h15-20H,3-14,21-22H2,1-2H3. The summed E-state index contributed by atoms with van der Waals surface area (Å²) in [7, 11) is 0. The fourth-order valence-corrected chi connectivity index (χ4v) is 6.78. The number of benzene rings is 3. The average Bonchev–Trinajstić information content (AvgIpc) is 3.29. The quantitative estimate of drug-likeness (QED) is 0.0982. The van der Waals surface area contributed by atoms with Gasteiger partial charge in [-0.1, -0.05) is 114 Å². The molecule has 0 N–H and O–H groups in total. The third-order valence-corrected chi connectivity index (χ3v) is 9.29. The minimum atomic E-state index is 0.652. The molecule has 1 aromatic heterocycles. The fraction of sp³-hybridized carbons (Fsp3) is 0.471. The minimum absolute atomic E-state index is 0.652. The molecule has 4 aromatic rings. The van der Waals surface area contributed by atoms with E-state index in [1.807, 2.05) is 0 Å². The monoisotopic (exact) mass is 666 g/mol. The van der Waals surface area contributed by atoms with Crippen LogP contribution in [0.15, 0.2) is 45.3 Å². The van der Waals surface area contributed by atoms with E-state index in [2.05, 4.69) is 82.1 Å². The van der Waals surface area contributed by atoms with Gasteiger partial charge in [-0.25, -0.2) is 9.97 Å². The van der Waals surface area contributed by atoms with Crippen molar-refractivity contribution in [2.75, 3.05) is 13.2 Å². The normalized spacial score (nSPS) is 11.9. The Bertz CT molecular complexity index is 1370. The van der Waals surface area contributed by atoms with Gasteiger partial charge in [0.1, 0.15) is 11.0 Å². The number of rotatable bonds is 16. The highest BCUT2D eigenvalue weighted by Crippen LogP contribution is 2.51. The van der Waals surface area contributed by atoms with Crippen LogP contribution in [0.25, 0.3) is 44.3 Å². The minimum Gasteiger partial charge on any atom is -0.488 e. The third-order valence-electron chi connectivity index (χ3n) is 7.82. The lowest BCUT2D eigenvalue weighted by Gasteiger charge is -2.18. The molecule has 40 heavy (non-hydrogen) atoms. The van der Waals surface area contributed by atoms with Gasteiger partial charge in [0.2, 0.25) is 0 Å². The van der Waals surface area contributed by atoms with Crippen molar-refractivity contribution < 1.29 is 9.47 Å². The van der Waals surface area contributed by atoms with Gasteiger partial charge >= 0.3 is 0 Å². The molecular formula is C34H40Br2N2O2. The second-order valence-corrected chi connectivity index (χ2v) is 12.4. The summed E-state index contributed by atoms with van der Waals surface area (Å²) in [5, 5.41) is 2.43. The van der Waals surface area contributed by atoms with Crippen LogP contribution >= 0.6 is 31.9 Å². The lowest BCUT2D eigenvalue weighted by atomic mass is 10.0. The van der Waals surface area contributed by atoms with Gasteiger partial charge in [0, 0.05) is 16.5 Å². The highest BCUT2D eigenvalue weighted by atomic mass is 79.9. The van der Waals surface area contributed by atoms with E-state index in [1.165, 1.54) is 75.0 Å². The molecule has 0 spiro atoms. The third kappa shape index (κ3) is 6.18. The molecule has 4 nitrogen and oxygen atoms in total.